The Morgan fingerprint density at radius 3 is 2.65 bits per heavy atom. The zero-order chi connectivity index (χ0) is 25.6. The summed E-state index contributed by atoms with van der Waals surface area (Å²) in [5.41, 5.74) is 4.29. The molecule has 0 saturated carbocycles. The second-order valence-electron chi connectivity index (χ2n) is 10.2. The third-order valence-electron chi connectivity index (χ3n) is 7.14. The van der Waals surface area contributed by atoms with E-state index in [-0.39, 0.29) is 0 Å². The first-order chi connectivity index (χ1) is 18.1. The fourth-order valence-corrected chi connectivity index (χ4v) is 5.87. The van der Waals surface area contributed by atoms with E-state index in [9.17, 15) is 0 Å². The fraction of sp³-hybridized carbons (Fsp3) is 0.400. The number of ether oxygens (including phenoxy) is 1. The molecule has 4 aromatic rings. The second-order valence-corrected chi connectivity index (χ2v) is 11.4. The number of aromatic nitrogens is 1. The minimum atomic E-state index is 0.433. The maximum absolute atomic E-state index is 9.09. The van der Waals surface area contributed by atoms with Crippen molar-refractivity contribution in [2.45, 2.75) is 45.4 Å². The minimum Gasteiger partial charge on any atom is -0.488 e. The number of benzene rings is 2. The van der Waals surface area contributed by atoms with Crippen LogP contribution < -0.4 is 4.74 Å². The van der Waals surface area contributed by atoms with E-state index in [4.69, 9.17) is 14.5 Å². The molecule has 1 aliphatic heterocycles. The normalized spacial score (nSPS) is 14.9. The van der Waals surface area contributed by atoms with Gasteiger partial charge in [-0.3, -0.25) is 4.90 Å². The summed E-state index contributed by atoms with van der Waals surface area (Å²) in [5, 5.41) is 14.7. The van der Waals surface area contributed by atoms with Crippen molar-refractivity contribution in [2.75, 3.05) is 27.2 Å². The summed E-state index contributed by atoms with van der Waals surface area (Å²) in [5.74, 6) is 1.54. The highest BCUT2D eigenvalue weighted by Gasteiger charge is 2.22. The first kappa shape index (κ1) is 25.5. The molecule has 37 heavy (non-hydrogen) atoms. The molecule has 0 amide bonds. The average Bonchev–Trinajstić information content (AvgIpc) is 3.55. The lowest BCUT2D eigenvalue weighted by Crippen LogP contribution is -2.33. The zero-order valence-electron chi connectivity index (χ0n) is 21.7. The number of aryl methyl sites for hydroxylation is 1. The number of fused-ring (bicyclic) bond motifs is 1. The quantitative estimate of drug-likeness (QED) is 0.249. The van der Waals surface area contributed by atoms with Gasteiger partial charge in [0, 0.05) is 23.4 Å². The van der Waals surface area contributed by atoms with Crippen molar-refractivity contribution in [2.24, 2.45) is 5.92 Å². The Morgan fingerprint density at radius 2 is 1.92 bits per heavy atom. The molecule has 192 valence electrons. The largest absolute Gasteiger partial charge is 0.488 e. The molecule has 0 aliphatic carbocycles. The van der Waals surface area contributed by atoms with E-state index in [1.54, 1.807) is 0 Å². The number of hydrogen-bond acceptors (Lipinski definition) is 7. The van der Waals surface area contributed by atoms with Gasteiger partial charge in [0.15, 0.2) is 5.58 Å². The smallest absolute Gasteiger partial charge is 0.175 e. The van der Waals surface area contributed by atoms with Crippen LogP contribution in [0.15, 0.2) is 59.1 Å². The number of likely N-dealkylation sites (tertiary alicyclic amines) is 1. The first-order valence-corrected chi connectivity index (χ1v) is 13.8. The van der Waals surface area contributed by atoms with E-state index < -0.39 is 0 Å². The topological polar surface area (TPSA) is 65.5 Å². The molecule has 1 fully saturated rings. The average molecular weight is 515 g/mol. The Kier molecular flexibility index (Phi) is 8.20. The van der Waals surface area contributed by atoms with E-state index in [1.165, 1.54) is 29.7 Å². The maximum Gasteiger partial charge on any atom is 0.175 e. The molecular formula is C30H34N4O2S. The number of nitrogens with zero attached hydrogens (tertiary/aromatic N) is 4. The molecule has 0 spiro atoms. The lowest BCUT2D eigenvalue weighted by molar-refractivity contribution is 0.172. The fourth-order valence-electron chi connectivity index (χ4n) is 5.15. The van der Waals surface area contributed by atoms with Crippen LogP contribution in [0.3, 0.4) is 0 Å². The van der Waals surface area contributed by atoms with Crippen LogP contribution in [-0.2, 0) is 26.1 Å². The van der Waals surface area contributed by atoms with Crippen molar-refractivity contribution in [3.8, 4) is 11.8 Å². The molecule has 0 bridgehead atoms. The molecule has 2 aromatic heterocycles. The lowest BCUT2D eigenvalue weighted by Gasteiger charge is -2.31. The van der Waals surface area contributed by atoms with Gasteiger partial charge in [0.25, 0.3) is 0 Å². The van der Waals surface area contributed by atoms with Crippen molar-refractivity contribution in [1.82, 2.24) is 15.0 Å². The molecule has 6 nitrogen and oxygen atoms in total. The van der Waals surface area contributed by atoms with Crippen molar-refractivity contribution in [3.05, 3.63) is 81.2 Å². The third-order valence-corrected chi connectivity index (χ3v) is 8.10. The van der Waals surface area contributed by atoms with Gasteiger partial charge in [-0.25, -0.2) is 0 Å². The molecule has 1 saturated heterocycles. The van der Waals surface area contributed by atoms with Crippen molar-refractivity contribution < 1.29 is 9.26 Å². The van der Waals surface area contributed by atoms with Gasteiger partial charge in [0.1, 0.15) is 23.3 Å². The van der Waals surface area contributed by atoms with Crippen LogP contribution in [0.1, 0.15) is 45.8 Å². The second kappa shape index (κ2) is 11.9. The summed E-state index contributed by atoms with van der Waals surface area (Å²) < 4.78 is 12.1. The van der Waals surface area contributed by atoms with Gasteiger partial charge in [0.2, 0.25) is 0 Å². The Morgan fingerprint density at radius 1 is 1.11 bits per heavy atom. The predicted molar refractivity (Wildman–Crippen MR) is 148 cm³/mol. The van der Waals surface area contributed by atoms with Crippen molar-refractivity contribution in [3.63, 3.8) is 0 Å². The Hall–Kier alpha value is -3.18. The number of rotatable bonds is 10. The zero-order valence-corrected chi connectivity index (χ0v) is 22.5. The summed E-state index contributed by atoms with van der Waals surface area (Å²) in [6.07, 6.45) is 4.55. The van der Waals surface area contributed by atoms with Crippen LogP contribution in [0.5, 0.6) is 5.75 Å². The Bertz CT molecular complexity index is 1350. The van der Waals surface area contributed by atoms with Crippen molar-refractivity contribution >= 4 is 22.3 Å². The molecule has 1 aliphatic rings. The summed E-state index contributed by atoms with van der Waals surface area (Å²) in [6.45, 7) is 4.50. The van der Waals surface area contributed by atoms with Crippen LogP contribution in [0.25, 0.3) is 11.0 Å². The highest BCUT2D eigenvalue weighted by atomic mass is 32.1. The monoisotopic (exact) mass is 514 g/mol. The highest BCUT2D eigenvalue weighted by Crippen LogP contribution is 2.33. The van der Waals surface area contributed by atoms with E-state index >= 15 is 0 Å². The molecule has 2 aromatic carbocycles. The molecule has 0 atom stereocenters. The summed E-state index contributed by atoms with van der Waals surface area (Å²) in [6, 6.07) is 20.9. The van der Waals surface area contributed by atoms with E-state index in [0.29, 0.717) is 18.0 Å². The maximum atomic E-state index is 9.09. The van der Waals surface area contributed by atoms with Gasteiger partial charge in [0.05, 0.1) is 11.3 Å². The van der Waals surface area contributed by atoms with Crippen LogP contribution in [-0.4, -0.2) is 42.1 Å². The van der Waals surface area contributed by atoms with E-state index in [2.05, 4.69) is 57.4 Å². The minimum absolute atomic E-state index is 0.433. The Labute approximate surface area is 223 Å². The SMILES string of the molecule is CN(C)Cc1c(OCc2ccc(C#N)s2)ccc2c(CCC3CCN(Cc4ccccc4)CC3)noc12. The van der Waals surface area contributed by atoms with E-state index in [1.807, 2.05) is 32.3 Å². The molecular weight excluding hydrogens is 480 g/mol. The van der Waals surface area contributed by atoms with E-state index in [0.717, 1.165) is 71.2 Å². The number of thiophene rings is 1. The number of hydrogen-bond donors (Lipinski definition) is 0. The van der Waals surface area contributed by atoms with Gasteiger partial charge >= 0.3 is 0 Å². The number of nitriles is 1. The first-order valence-electron chi connectivity index (χ1n) is 13.0. The van der Waals surface area contributed by atoms with Crippen LogP contribution in [0.2, 0.25) is 0 Å². The van der Waals surface area contributed by atoms with Gasteiger partial charge in [-0.15, -0.1) is 11.3 Å². The van der Waals surface area contributed by atoms with Gasteiger partial charge < -0.3 is 14.2 Å². The highest BCUT2D eigenvalue weighted by molar-refractivity contribution is 7.12. The molecule has 0 N–H and O–H groups in total. The Balaban J connectivity index is 1.22. The van der Waals surface area contributed by atoms with Gasteiger partial charge in [-0.2, -0.15) is 5.26 Å². The van der Waals surface area contributed by atoms with Crippen LogP contribution >= 0.6 is 11.3 Å². The van der Waals surface area contributed by atoms with Crippen LogP contribution in [0, 0.1) is 17.2 Å². The predicted octanol–water partition coefficient (Wildman–Crippen LogP) is 6.25. The lowest BCUT2D eigenvalue weighted by atomic mass is 9.91. The molecule has 0 unspecified atom stereocenters. The third kappa shape index (κ3) is 6.40. The van der Waals surface area contributed by atoms with Gasteiger partial charge in [-0.1, -0.05) is 35.5 Å². The van der Waals surface area contributed by atoms with Crippen LogP contribution in [0.4, 0.5) is 0 Å². The van der Waals surface area contributed by atoms with Gasteiger partial charge in [-0.05, 0) is 88.6 Å². The molecule has 5 rings (SSSR count). The molecule has 0 radical (unpaired) electrons. The number of piperidine rings is 1. The summed E-state index contributed by atoms with van der Waals surface area (Å²) in [4.78, 5) is 6.42. The molecule has 7 heteroatoms. The summed E-state index contributed by atoms with van der Waals surface area (Å²) in [7, 11) is 4.09. The standard InChI is InChI=1S/C30H34N4O2S/c1-33(2)20-27-29(35-21-25-10-9-24(18-31)37-25)13-11-26-28(32-36-30(26)27)12-8-22-14-16-34(17-15-22)19-23-6-4-3-5-7-23/h3-7,9-11,13,22H,8,12,14-17,19-21H2,1-2H3. The molecule has 3 heterocycles. The summed E-state index contributed by atoms with van der Waals surface area (Å²) >= 11 is 1.46. The van der Waals surface area contributed by atoms with Crippen molar-refractivity contribution in [1.29, 1.82) is 5.26 Å².